The summed E-state index contributed by atoms with van der Waals surface area (Å²) in [6, 6.07) is 9.28. The van der Waals surface area contributed by atoms with Crippen LogP contribution in [0.15, 0.2) is 64.3 Å². The van der Waals surface area contributed by atoms with Gasteiger partial charge in [0.05, 0.1) is 23.8 Å². The first-order chi connectivity index (χ1) is 14.5. The Morgan fingerprint density at radius 3 is 2.70 bits per heavy atom. The highest BCUT2D eigenvalue weighted by atomic mass is 19.1. The van der Waals surface area contributed by atoms with Gasteiger partial charge in [0.2, 0.25) is 5.43 Å². The van der Waals surface area contributed by atoms with Gasteiger partial charge in [0, 0.05) is 0 Å². The smallest absolute Gasteiger partial charge is 0.200 e. The number of benzene rings is 2. The minimum absolute atomic E-state index is 0.0695. The fourth-order valence-electron chi connectivity index (χ4n) is 3.43. The molecule has 0 unspecified atom stereocenters. The van der Waals surface area contributed by atoms with Crippen LogP contribution in [-0.4, -0.2) is 19.5 Å². The van der Waals surface area contributed by atoms with Crippen LogP contribution in [0.5, 0.6) is 0 Å². The summed E-state index contributed by atoms with van der Waals surface area (Å²) in [5, 5.41) is 0.0695. The maximum absolute atomic E-state index is 13.9. The summed E-state index contributed by atoms with van der Waals surface area (Å²) >= 11 is 0. The number of halogens is 2. The lowest BCUT2D eigenvalue weighted by Gasteiger charge is -2.11. The zero-order chi connectivity index (χ0) is 20.8. The van der Waals surface area contributed by atoms with Crippen molar-refractivity contribution >= 4 is 28.0 Å². The van der Waals surface area contributed by atoms with Gasteiger partial charge in [-0.15, -0.1) is 0 Å². The largest absolute Gasteiger partial charge is 0.458 e. The Morgan fingerprint density at radius 1 is 1.03 bits per heavy atom. The summed E-state index contributed by atoms with van der Waals surface area (Å²) in [4.78, 5) is 25.5. The van der Waals surface area contributed by atoms with Crippen molar-refractivity contribution in [2.24, 2.45) is 0 Å². The van der Waals surface area contributed by atoms with E-state index >= 15 is 0 Å². The van der Waals surface area contributed by atoms with E-state index in [0.717, 1.165) is 6.07 Å². The van der Waals surface area contributed by atoms with Gasteiger partial charge in [0.15, 0.2) is 11.5 Å². The van der Waals surface area contributed by atoms with Crippen molar-refractivity contribution in [3.8, 4) is 11.1 Å². The molecule has 3 heterocycles. The van der Waals surface area contributed by atoms with E-state index in [2.05, 4.69) is 15.0 Å². The van der Waals surface area contributed by atoms with Crippen LogP contribution in [0, 0.1) is 11.6 Å². The molecule has 148 valence electrons. The highest BCUT2D eigenvalue weighted by Gasteiger charge is 2.19. The summed E-state index contributed by atoms with van der Waals surface area (Å²) in [6.45, 7) is 0.0708. The van der Waals surface area contributed by atoms with Crippen molar-refractivity contribution in [1.82, 2.24) is 19.5 Å². The first-order valence-corrected chi connectivity index (χ1v) is 8.94. The molecule has 2 N–H and O–H groups in total. The van der Waals surface area contributed by atoms with Crippen LogP contribution < -0.4 is 11.2 Å². The van der Waals surface area contributed by atoms with Gasteiger partial charge >= 0.3 is 0 Å². The number of imidazole rings is 1. The standard InChI is InChI=1S/C21H13F2N5O2/c22-12-3-1-2-11(6-12)17-16(30-15-5-4-13(23)7-14(15)19(17)29)8-28-10-27-18-20(24)25-9-26-21(18)28/h1-7,9-10H,8H2,(H2,24,25,26). The Hall–Kier alpha value is -4.14. The Balaban J connectivity index is 1.77. The quantitative estimate of drug-likeness (QED) is 0.493. The van der Waals surface area contributed by atoms with Gasteiger partial charge in [-0.3, -0.25) is 4.79 Å². The molecule has 0 spiro atoms. The second-order valence-electron chi connectivity index (χ2n) is 6.68. The Labute approximate surface area is 167 Å². The molecular formula is C21H13F2N5O2. The normalized spacial score (nSPS) is 11.4. The molecule has 0 atom stereocenters. The van der Waals surface area contributed by atoms with Gasteiger partial charge in [-0.25, -0.2) is 23.7 Å². The first-order valence-electron chi connectivity index (χ1n) is 8.94. The van der Waals surface area contributed by atoms with Crippen LogP contribution >= 0.6 is 0 Å². The SMILES string of the molecule is Nc1ncnc2c1ncn2Cc1oc2ccc(F)cc2c(=O)c1-c1cccc(F)c1. The summed E-state index contributed by atoms with van der Waals surface area (Å²) in [5.74, 6) is -0.605. The number of nitrogens with two attached hydrogens (primary N) is 1. The van der Waals surface area contributed by atoms with Crippen molar-refractivity contribution < 1.29 is 13.2 Å². The van der Waals surface area contributed by atoms with Crippen molar-refractivity contribution in [2.45, 2.75) is 6.54 Å². The molecule has 30 heavy (non-hydrogen) atoms. The van der Waals surface area contributed by atoms with Crippen molar-refractivity contribution in [2.75, 3.05) is 5.73 Å². The zero-order valence-electron chi connectivity index (χ0n) is 15.3. The number of nitrogens with zero attached hydrogens (tertiary/aromatic N) is 4. The van der Waals surface area contributed by atoms with Crippen molar-refractivity contribution in [3.05, 3.63) is 82.7 Å². The van der Waals surface area contributed by atoms with E-state index in [0.29, 0.717) is 16.7 Å². The highest BCUT2D eigenvalue weighted by Crippen LogP contribution is 2.27. The van der Waals surface area contributed by atoms with Crippen molar-refractivity contribution in [3.63, 3.8) is 0 Å². The number of aromatic nitrogens is 4. The van der Waals surface area contributed by atoms with Crippen molar-refractivity contribution in [1.29, 1.82) is 0 Å². The van der Waals surface area contributed by atoms with Gasteiger partial charge < -0.3 is 14.7 Å². The minimum atomic E-state index is -0.569. The molecular weight excluding hydrogens is 392 g/mol. The maximum Gasteiger partial charge on any atom is 0.200 e. The lowest BCUT2D eigenvalue weighted by Crippen LogP contribution is -2.12. The molecule has 5 rings (SSSR count). The summed E-state index contributed by atoms with van der Waals surface area (Å²) in [7, 11) is 0. The van der Waals surface area contributed by atoms with Gasteiger partial charge in [-0.05, 0) is 35.9 Å². The second kappa shape index (κ2) is 6.73. The minimum Gasteiger partial charge on any atom is -0.458 e. The third kappa shape index (κ3) is 2.87. The Bertz CT molecular complexity index is 1490. The molecule has 0 aliphatic heterocycles. The third-order valence-corrected chi connectivity index (χ3v) is 4.78. The van der Waals surface area contributed by atoms with Crippen LogP contribution in [0.1, 0.15) is 5.76 Å². The number of fused-ring (bicyclic) bond motifs is 2. The monoisotopic (exact) mass is 405 g/mol. The molecule has 0 radical (unpaired) electrons. The topological polar surface area (TPSA) is 99.8 Å². The average molecular weight is 405 g/mol. The second-order valence-corrected chi connectivity index (χ2v) is 6.68. The van der Waals surface area contributed by atoms with Gasteiger partial charge in [0.1, 0.15) is 34.8 Å². The molecule has 0 saturated carbocycles. The van der Waals surface area contributed by atoms with Gasteiger partial charge in [0.25, 0.3) is 0 Å². The fraction of sp³-hybridized carbons (Fsp3) is 0.0476. The number of nitrogen functional groups attached to an aromatic ring is 1. The maximum atomic E-state index is 13.9. The van der Waals surface area contributed by atoms with E-state index in [-0.39, 0.29) is 34.7 Å². The number of rotatable bonds is 3. The van der Waals surface area contributed by atoms with E-state index in [4.69, 9.17) is 10.2 Å². The summed E-state index contributed by atoms with van der Waals surface area (Å²) in [6.07, 6.45) is 2.81. The van der Waals surface area contributed by atoms with E-state index in [1.165, 1.54) is 43.0 Å². The lowest BCUT2D eigenvalue weighted by molar-refractivity contribution is 0.520. The van der Waals surface area contributed by atoms with E-state index in [1.807, 2.05) is 0 Å². The van der Waals surface area contributed by atoms with Crippen LogP contribution in [0.3, 0.4) is 0 Å². The molecule has 2 aromatic carbocycles. The molecule has 0 aliphatic carbocycles. The first kappa shape index (κ1) is 17.9. The predicted molar refractivity (Wildman–Crippen MR) is 107 cm³/mol. The molecule has 9 heteroatoms. The van der Waals surface area contributed by atoms with Crippen LogP contribution in [0.25, 0.3) is 33.3 Å². The van der Waals surface area contributed by atoms with Gasteiger partial charge in [-0.1, -0.05) is 12.1 Å². The molecule has 5 aromatic rings. The third-order valence-electron chi connectivity index (χ3n) is 4.78. The van der Waals surface area contributed by atoms with Crippen LogP contribution in [0.4, 0.5) is 14.6 Å². The highest BCUT2D eigenvalue weighted by molar-refractivity contribution is 5.83. The summed E-state index contributed by atoms with van der Waals surface area (Å²) in [5.41, 5.74) is 6.91. The average Bonchev–Trinajstić information content (AvgIpc) is 3.13. The zero-order valence-corrected chi connectivity index (χ0v) is 15.3. The fourth-order valence-corrected chi connectivity index (χ4v) is 3.43. The molecule has 0 aliphatic rings. The number of hydrogen-bond donors (Lipinski definition) is 1. The lowest BCUT2D eigenvalue weighted by atomic mass is 10.0. The molecule has 7 nitrogen and oxygen atoms in total. The van der Waals surface area contributed by atoms with E-state index < -0.39 is 17.1 Å². The molecule has 0 saturated heterocycles. The van der Waals surface area contributed by atoms with Crippen LogP contribution in [-0.2, 0) is 6.54 Å². The number of hydrogen-bond acceptors (Lipinski definition) is 6. The molecule has 0 bridgehead atoms. The molecule has 0 amide bonds. The Kier molecular flexibility index (Phi) is 4.02. The van der Waals surface area contributed by atoms with E-state index in [1.54, 1.807) is 10.6 Å². The van der Waals surface area contributed by atoms with Gasteiger partial charge in [-0.2, -0.15) is 0 Å². The predicted octanol–water partition coefficient (Wildman–Crippen LogP) is 3.51. The van der Waals surface area contributed by atoms with Crippen LogP contribution in [0.2, 0.25) is 0 Å². The van der Waals surface area contributed by atoms with E-state index in [9.17, 15) is 13.6 Å². The molecule has 3 aromatic heterocycles. The molecule has 0 fully saturated rings. The summed E-state index contributed by atoms with van der Waals surface area (Å²) < 4.78 is 35.2. The Morgan fingerprint density at radius 2 is 1.87 bits per heavy atom. The number of anilines is 1.